The van der Waals surface area contributed by atoms with Crippen LogP contribution in [-0.4, -0.2) is 22.4 Å². The zero-order valence-electron chi connectivity index (χ0n) is 12.1. The van der Waals surface area contributed by atoms with Crippen molar-refractivity contribution in [2.45, 2.75) is 19.8 Å². The van der Waals surface area contributed by atoms with Crippen LogP contribution in [0.15, 0.2) is 30.5 Å². The van der Waals surface area contributed by atoms with Gasteiger partial charge < -0.3 is 4.74 Å². The number of benzene rings is 1. The lowest BCUT2D eigenvalue weighted by molar-refractivity contribution is -0.385. The molecule has 8 heteroatoms. The van der Waals surface area contributed by atoms with Gasteiger partial charge in [-0.1, -0.05) is 26.0 Å². The van der Waals surface area contributed by atoms with Crippen LogP contribution in [0.5, 0.6) is 5.75 Å². The van der Waals surface area contributed by atoms with Gasteiger partial charge in [-0.25, -0.2) is 4.98 Å². The molecule has 0 saturated heterocycles. The van der Waals surface area contributed by atoms with Crippen molar-refractivity contribution < 1.29 is 14.5 Å². The molecule has 0 aliphatic rings. The number of para-hydroxylation sites is 2. The summed E-state index contributed by atoms with van der Waals surface area (Å²) in [5.74, 6) is -0.0150. The van der Waals surface area contributed by atoms with E-state index < -0.39 is 10.8 Å². The molecule has 0 aliphatic carbocycles. The fourth-order valence-electron chi connectivity index (χ4n) is 1.64. The molecule has 2 aromatic rings. The van der Waals surface area contributed by atoms with Crippen LogP contribution in [0.2, 0.25) is 0 Å². The molecule has 0 aliphatic heterocycles. The molecule has 0 fully saturated rings. The van der Waals surface area contributed by atoms with Crippen molar-refractivity contribution >= 4 is 28.1 Å². The van der Waals surface area contributed by atoms with Crippen molar-refractivity contribution in [1.29, 1.82) is 0 Å². The highest BCUT2D eigenvalue weighted by Gasteiger charge is 2.15. The molecular weight excluding hydrogens is 306 g/mol. The molecule has 116 valence electrons. The Bertz CT molecular complexity index is 684. The van der Waals surface area contributed by atoms with E-state index in [0.29, 0.717) is 11.0 Å². The average molecular weight is 321 g/mol. The first-order chi connectivity index (χ1) is 10.5. The quantitative estimate of drug-likeness (QED) is 0.651. The molecule has 1 heterocycles. The zero-order valence-corrected chi connectivity index (χ0v) is 12.9. The lowest BCUT2D eigenvalue weighted by atomic mass is 10.2. The second-order valence-corrected chi connectivity index (χ2v) is 5.85. The summed E-state index contributed by atoms with van der Waals surface area (Å²) in [5, 5.41) is 13.9. The van der Waals surface area contributed by atoms with E-state index in [1.54, 1.807) is 12.3 Å². The van der Waals surface area contributed by atoms with E-state index in [0.717, 1.165) is 4.88 Å². The van der Waals surface area contributed by atoms with Crippen LogP contribution in [0.4, 0.5) is 10.8 Å². The van der Waals surface area contributed by atoms with Gasteiger partial charge in [0.15, 0.2) is 17.5 Å². The summed E-state index contributed by atoms with van der Waals surface area (Å²) in [6.45, 7) is 3.76. The minimum Gasteiger partial charge on any atom is -0.477 e. The van der Waals surface area contributed by atoms with Crippen LogP contribution in [-0.2, 0) is 4.79 Å². The average Bonchev–Trinajstić information content (AvgIpc) is 2.94. The minimum atomic E-state index is -0.553. The Hall–Kier alpha value is -2.48. The zero-order chi connectivity index (χ0) is 16.1. The Balaban J connectivity index is 1.94. The largest absolute Gasteiger partial charge is 0.477 e. The minimum absolute atomic E-state index is 0.0599. The van der Waals surface area contributed by atoms with E-state index in [1.807, 2.05) is 13.8 Å². The fraction of sp³-hybridized carbons (Fsp3) is 0.286. The predicted molar refractivity (Wildman–Crippen MR) is 83.4 cm³/mol. The molecule has 22 heavy (non-hydrogen) atoms. The molecule has 0 radical (unpaired) electrons. The van der Waals surface area contributed by atoms with Gasteiger partial charge in [-0.05, 0) is 12.0 Å². The van der Waals surface area contributed by atoms with E-state index in [9.17, 15) is 14.9 Å². The molecular formula is C14H15N3O4S. The van der Waals surface area contributed by atoms with Gasteiger partial charge in [-0.3, -0.25) is 20.2 Å². The SMILES string of the molecule is CC(C)c1cnc(NC(=O)COc2ccccc2[N+](=O)[O-])s1. The van der Waals surface area contributed by atoms with E-state index in [-0.39, 0.29) is 18.0 Å². The highest BCUT2D eigenvalue weighted by molar-refractivity contribution is 7.15. The number of carbonyl (C=O) groups excluding carboxylic acids is 1. The maximum absolute atomic E-state index is 11.8. The third-order valence-corrected chi connectivity index (χ3v) is 3.97. The maximum Gasteiger partial charge on any atom is 0.310 e. The van der Waals surface area contributed by atoms with E-state index >= 15 is 0 Å². The topological polar surface area (TPSA) is 94.4 Å². The van der Waals surface area contributed by atoms with Crippen molar-refractivity contribution in [3.8, 4) is 5.75 Å². The monoisotopic (exact) mass is 321 g/mol. The third-order valence-electron chi connectivity index (χ3n) is 2.76. The number of hydrogen-bond acceptors (Lipinski definition) is 6. The third kappa shape index (κ3) is 4.01. The molecule has 0 atom stereocenters. The van der Waals surface area contributed by atoms with E-state index in [4.69, 9.17) is 4.74 Å². The summed E-state index contributed by atoms with van der Waals surface area (Å²) >= 11 is 1.39. The number of carbonyl (C=O) groups is 1. The van der Waals surface area contributed by atoms with Crippen molar-refractivity contribution in [3.05, 3.63) is 45.5 Å². The van der Waals surface area contributed by atoms with E-state index in [1.165, 1.54) is 29.5 Å². The molecule has 1 aromatic carbocycles. The van der Waals surface area contributed by atoms with Crippen molar-refractivity contribution in [3.63, 3.8) is 0 Å². The number of ether oxygens (including phenoxy) is 1. The van der Waals surface area contributed by atoms with Gasteiger partial charge in [0.1, 0.15) is 0 Å². The second-order valence-electron chi connectivity index (χ2n) is 4.78. The number of anilines is 1. The Kier molecular flexibility index (Phi) is 5.05. The summed E-state index contributed by atoms with van der Waals surface area (Å²) in [7, 11) is 0. The molecule has 1 amide bonds. The van der Waals surface area contributed by atoms with Gasteiger partial charge >= 0.3 is 5.69 Å². The number of nitro groups is 1. The normalized spacial score (nSPS) is 10.5. The van der Waals surface area contributed by atoms with Crippen molar-refractivity contribution in [2.24, 2.45) is 0 Å². The Morgan fingerprint density at radius 2 is 2.18 bits per heavy atom. The van der Waals surface area contributed by atoms with Crippen LogP contribution >= 0.6 is 11.3 Å². The number of rotatable bonds is 6. The van der Waals surface area contributed by atoms with Gasteiger partial charge in [0.05, 0.1) is 4.92 Å². The van der Waals surface area contributed by atoms with Crippen LogP contribution in [0.3, 0.4) is 0 Å². The number of aromatic nitrogens is 1. The van der Waals surface area contributed by atoms with Gasteiger partial charge in [-0.15, -0.1) is 11.3 Å². The number of thiazole rings is 1. The van der Waals surface area contributed by atoms with Gasteiger partial charge in [0.25, 0.3) is 5.91 Å². The fourth-order valence-corrected chi connectivity index (χ4v) is 2.47. The molecule has 2 rings (SSSR count). The first kappa shape index (κ1) is 15.9. The van der Waals surface area contributed by atoms with E-state index in [2.05, 4.69) is 10.3 Å². The Morgan fingerprint density at radius 3 is 2.82 bits per heavy atom. The summed E-state index contributed by atoms with van der Waals surface area (Å²) in [6, 6.07) is 5.92. The molecule has 0 saturated carbocycles. The maximum atomic E-state index is 11.8. The Labute approximate surface area is 131 Å². The van der Waals surface area contributed by atoms with Gasteiger partial charge in [0, 0.05) is 17.1 Å². The second kappa shape index (κ2) is 6.99. The van der Waals surface area contributed by atoms with Crippen LogP contribution in [0.1, 0.15) is 24.6 Å². The van der Waals surface area contributed by atoms with Crippen molar-refractivity contribution in [1.82, 2.24) is 4.98 Å². The van der Waals surface area contributed by atoms with Gasteiger partial charge in [-0.2, -0.15) is 0 Å². The summed E-state index contributed by atoms with van der Waals surface area (Å²) in [4.78, 5) is 27.3. The van der Waals surface area contributed by atoms with Gasteiger partial charge in [0.2, 0.25) is 0 Å². The smallest absolute Gasteiger partial charge is 0.310 e. The lowest BCUT2D eigenvalue weighted by Gasteiger charge is -2.06. The molecule has 1 N–H and O–H groups in total. The highest BCUT2D eigenvalue weighted by Crippen LogP contribution is 2.26. The number of nitrogens with one attached hydrogen (secondary N) is 1. The first-order valence-corrected chi connectivity index (χ1v) is 7.41. The van der Waals surface area contributed by atoms with Crippen LogP contribution < -0.4 is 10.1 Å². The Morgan fingerprint density at radius 1 is 1.45 bits per heavy atom. The summed E-state index contributed by atoms with van der Waals surface area (Å²) in [5.41, 5.74) is -0.174. The number of nitro benzene ring substituents is 1. The summed E-state index contributed by atoms with van der Waals surface area (Å²) in [6.07, 6.45) is 1.72. The molecule has 0 bridgehead atoms. The molecule has 7 nitrogen and oxygen atoms in total. The van der Waals surface area contributed by atoms with Crippen LogP contribution in [0, 0.1) is 10.1 Å². The molecule has 0 spiro atoms. The molecule has 0 unspecified atom stereocenters. The number of nitrogens with zero attached hydrogens (tertiary/aromatic N) is 2. The predicted octanol–water partition coefficient (Wildman–Crippen LogP) is 3.19. The van der Waals surface area contributed by atoms with Crippen LogP contribution in [0.25, 0.3) is 0 Å². The first-order valence-electron chi connectivity index (χ1n) is 6.59. The number of hydrogen-bond donors (Lipinski definition) is 1. The summed E-state index contributed by atoms with van der Waals surface area (Å²) < 4.78 is 5.21. The highest BCUT2D eigenvalue weighted by atomic mass is 32.1. The number of amides is 1. The molecule has 1 aromatic heterocycles. The van der Waals surface area contributed by atoms with Crippen molar-refractivity contribution in [2.75, 3.05) is 11.9 Å². The lowest BCUT2D eigenvalue weighted by Crippen LogP contribution is -2.20. The standard InChI is InChI=1S/C14H15N3O4S/c1-9(2)12-7-15-14(22-12)16-13(18)8-21-11-6-4-3-5-10(11)17(19)20/h3-7,9H,8H2,1-2H3,(H,15,16,18).